The number of hydrogen-bond acceptors (Lipinski definition) is 0. The minimum Gasteiger partial charge on any atom is -0.206 e. The molecule has 20 heavy (non-hydrogen) atoms. The Morgan fingerprint density at radius 2 is 1.40 bits per heavy atom. The molecule has 0 saturated carbocycles. The van der Waals surface area contributed by atoms with E-state index in [-0.39, 0.29) is 29.0 Å². The quantitative estimate of drug-likeness (QED) is 0.578. The average molecular weight is 280 g/mol. The first-order valence-corrected chi connectivity index (χ1v) is 7.39. The van der Waals surface area contributed by atoms with Gasteiger partial charge in [0, 0.05) is 5.56 Å². The molecule has 0 N–H and O–H groups in total. The number of rotatable bonds is 5. The summed E-state index contributed by atoms with van der Waals surface area (Å²) in [6, 6.07) is 0. The van der Waals surface area contributed by atoms with Gasteiger partial charge in [0.2, 0.25) is 0 Å². The van der Waals surface area contributed by atoms with E-state index in [0.717, 1.165) is 17.6 Å². The molecule has 0 aliphatic rings. The van der Waals surface area contributed by atoms with Gasteiger partial charge < -0.3 is 0 Å². The van der Waals surface area contributed by atoms with Crippen LogP contribution in [0.4, 0.5) is 8.78 Å². The van der Waals surface area contributed by atoms with Crippen molar-refractivity contribution in [2.75, 3.05) is 0 Å². The molecule has 1 aromatic carbocycles. The standard InChI is InChI=1S/C18H26F2/c1-8-12(6)9-14-15(10(2)3)17(19)13(7)18(20)16(14)11(4)5/h10-11H,6,8-9H2,1-5,7H3. The molecule has 0 aliphatic heterocycles. The fraction of sp³-hybridized carbons (Fsp3) is 0.556. The van der Waals surface area contributed by atoms with Crippen LogP contribution in [0.5, 0.6) is 0 Å². The summed E-state index contributed by atoms with van der Waals surface area (Å²) in [6.45, 7) is 15.4. The Balaban J connectivity index is 3.68. The number of halogens is 2. The highest BCUT2D eigenvalue weighted by atomic mass is 19.1. The van der Waals surface area contributed by atoms with Gasteiger partial charge in [0.25, 0.3) is 0 Å². The number of hydrogen-bond donors (Lipinski definition) is 0. The fourth-order valence-electron chi connectivity index (χ4n) is 2.68. The maximum absolute atomic E-state index is 14.5. The fourth-order valence-corrected chi connectivity index (χ4v) is 2.68. The Bertz CT molecular complexity index is 476. The first-order chi connectivity index (χ1) is 9.22. The Kier molecular flexibility index (Phi) is 5.50. The van der Waals surface area contributed by atoms with Crippen molar-refractivity contribution in [3.63, 3.8) is 0 Å². The van der Waals surface area contributed by atoms with Gasteiger partial charge in [-0.15, -0.1) is 0 Å². The van der Waals surface area contributed by atoms with Crippen LogP contribution in [0, 0.1) is 18.6 Å². The summed E-state index contributed by atoms with van der Waals surface area (Å²) in [4.78, 5) is 0. The Morgan fingerprint density at radius 3 is 1.70 bits per heavy atom. The third-order valence-electron chi connectivity index (χ3n) is 3.86. The van der Waals surface area contributed by atoms with Crippen LogP contribution in [-0.4, -0.2) is 0 Å². The second-order valence-electron chi connectivity index (χ2n) is 6.15. The minimum atomic E-state index is -0.388. The molecule has 0 spiro atoms. The van der Waals surface area contributed by atoms with Crippen LogP contribution in [0.1, 0.15) is 75.1 Å². The molecule has 1 rings (SSSR count). The maximum atomic E-state index is 14.5. The van der Waals surface area contributed by atoms with E-state index in [4.69, 9.17) is 0 Å². The molecule has 0 aliphatic carbocycles. The van der Waals surface area contributed by atoms with Gasteiger partial charge in [0.15, 0.2) is 0 Å². The second-order valence-corrected chi connectivity index (χ2v) is 6.15. The first kappa shape index (κ1) is 16.9. The zero-order chi connectivity index (χ0) is 15.6. The zero-order valence-corrected chi connectivity index (χ0v) is 13.5. The van der Waals surface area contributed by atoms with Crippen LogP contribution in [0.3, 0.4) is 0 Å². The monoisotopic (exact) mass is 280 g/mol. The van der Waals surface area contributed by atoms with Gasteiger partial charge in [-0.2, -0.15) is 0 Å². The predicted octanol–water partition coefficient (Wildman–Crippen LogP) is 6.03. The van der Waals surface area contributed by atoms with Crippen molar-refractivity contribution in [1.29, 1.82) is 0 Å². The van der Waals surface area contributed by atoms with E-state index < -0.39 is 0 Å². The van der Waals surface area contributed by atoms with Crippen LogP contribution < -0.4 is 0 Å². The summed E-state index contributed by atoms with van der Waals surface area (Å²) < 4.78 is 29.0. The molecule has 0 heterocycles. The predicted molar refractivity (Wildman–Crippen MR) is 82.4 cm³/mol. The lowest BCUT2D eigenvalue weighted by Crippen LogP contribution is -2.12. The van der Waals surface area contributed by atoms with Crippen molar-refractivity contribution in [3.05, 3.63) is 46.0 Å². The van der Waals surface area contributed by atoms with E-state index in [9.17, 15) is 8.78 Å². The van der Waals surface area contributed by atoms with Gasteiger partial charge in [-0.05, 0) is 48.3 Å². The van der Waals surface area contributed by atoms with Crippen molar-refractivity contribution < 1.29 is 8.78 Å². The van der Waals surface area contributed by atoms with Gasteiger partial charge >= 0.3 is 0 Å². The summed E-state index contributed by atoms with van der Waals surface area (Å²) >= 11 is 0. The van der Waals surface area contributed by atoms with E-state index in [0.29, 0.717) is 17.5 Å². The molecule has 0 nitrogen and oxygen atoms in total. The largest absolute Gasteiger partial charge is 0.206 e. The van der Waals surface area contributed by atoms with E-state index in [1.165, 1.54) is 6.92 Å². The molecule has 0 atom stereocenters. The van der Waals surface area contributed by atoms with Crippen molar-refractivity contribution in [2.24, 2.45) is 0 Å². The molecule has 112 valence electrons. The van der Waals surface area contributed by atoms with Gasteiger partial charge in [-0.3, -0.25) is 0 Å². The molecule has 0 radical (unpaired) electrons. The number of allylic oxidation sites excluding steroid dienone is 1. The summed E-state index contributed by atoms with van der Waals surface area (Å²) in [5, 5.41) is 0. The second kappa shape index (κ2) is 6.51. The highest BCUT2D eigenvalue weighted by Gasteiger charge is 2.25. The first-order valence-electron chi connectivity index (χ1n) is 7.39. The van der Waals surface area contributed by atoms with Crippen molar-refractivity contribution in [3.8, 4) is 0 Å². The highest BCUT2D eigenvalue weighted by molar-refractivity contribution is 5.46. The molecule has 0 unspecified atom stereocenters. The van der Waals surface area contributed by atoms with Crippen molar-refractivity contribution >= 4 is 0 Å². The summed E-state index contributed by atoms with van der Waals surface area (Å²) in [5.41, 5.74) is 3.27. The minimum absolute atomic E-state index is 0.0338. The lowest BCUT2D eigenvalue weighted by atomic mass is 9.83. The molecular formula is C18H26F2. The van der Waals surface area contributed by atoms with Crippen LogP contribution in [0.25, 0.3) is 0 Å². The third-order valence-corrected chi connectivity index (χ3v) is 3.86. The number of benzene rings is 1. The molecule has 0 bridgehead atoms. The van der Waals surface area contributed by atoms with Crippen LogP contribution >= 0.6 is 0 Å². The van der Waals surface area contributed by atoms with Gasteiger partial charge in [0.05, 0.1) is 0 Å². The van der Waals surface area contributed by atoms with Crippen LogP contribution in [0.15, 0.2) is 12.2 Å². The third kappa shape index (κ3) is 3.11. The van der Waals surface area contributed by atoms with Crippen molar-refractivity contribution in [2.45, 2.75) is 66.2 Å². The SMILES string of the molecule is C=C(CC)Cc1c(C(C)C)c(F)c(C)c(F)c1C(C)C. The molecule has 2 heteroatoms. The average Bonchev–Trinajstić information content (AvgIpc) is 2.35. The Hall–Kier alpha value is -1.18. The molecule has 1 aromatic rings. The van der Waals surface area contributed by atoms with Gasteiger partial charge in [-0.25, -0.2) is 8.78 Å². The Labute approximate surface area is 121 Å². The molecule has 0 fully saturated rings. The van der Waals surface area contributed by atoms with Crippen molar-refractivity contribution in [1.82, 2.24) is 0 Å². The summed E-state index contributed by atoms with van der Waals surface area (Å²) in [6.07, 6.45) is 1.39. The topological polar surface area (TPSA) is 0 Å². The Morgan fingerprint density at radius 1 is 1.00 bits per heavy atom. The molecule has 0 saturated heterocycles. The molecule has 0 amide bonds. The van der Waals surface area contributed by atoms with E-state index >= 15 is 0 Å². The van der Waals surface area contributed by atoms with E-state index in [1.54, 1.807) is 0 Å². The van der Waals surface area contributed by atoms with E-state index in [2.05, 4.69) is 6.58 Å². The lowest BCUT2D eigenvalue weighted by Gasteiger charge is -2.23. The van der Waals surface area contributed by atoms with Gasteiger partial charge in [0.1, 0.15) is 11.6 Å². The summed E-state index contributed by atoms with van der Waals surface area (Å²) in [5.74, 6) is -0.709. The van der Waals surface area contributed by atoms with Gasteiger partial charge in [-0.1, -0.05) is 46.8 Å². The highest BCUT2D eigenvalue weighted by Crippen LogP contribution is 2.36. The lowest BCUT2D eigenvalue weighted by molar-refractivity contribution is 0.530. The van der Waals surface area contributed by atoms with E-state index in [1.807, 2.05) is 34.6 Å². The maximum Gasteiger partial charge on any atom is 0.132 e. The van der Waals surface area contributed by atoms with Crippen LogP contribution in [-0.2, 0) is 6.42 Å². The normalized spacial score (nSPS) is 11.5. The molecular weight excluding hydrogens is 254 g/mol. The summed E-state index contributed by atoms with van der Waals surface area (Å²) in [7, 11) is 0. The zero-order valence-electron chi connectivity index (χ0n) is 13.5. The molecule has 0 aromatic heterocycles. The van der Waals surface area contributed by atoms with Crippen LogP contribution in [0.2, 0.25) is 0 Å². The smallest absolute Gasteiger partial charge is 0.132 e.